The maximum absolute atomic E-state index is 14.0. The summed E-state index contributed by atoms with van der Waals surface area (Å²) in [6.45, 7) is 0. The topological polar surface area (TPSA) is 70.7 Å². The number of hydrogen-bond donors (Lipinski definition) is 2. The van der Waals surface area contributed by atoms with E-state index in [0.29, 0.717) is 5.69 Å². The van der Waals surface area contributed by atoms with Crippen LogP contribution in [0.2, 0.25) is 0 Å². The molecule has 3 aromatic carbocycles. The van der Waals surface area contributed by atoms with E-state index in [-0.39, 0.29) is 12.1 Å². The summed E-state index contributed by atoms with van der Waals surface area (Å²) in [5.74, 6) is -0.722. The van der Waals surface area contributed by atoms with Gasteiger partial charge in [-0.1, -0.05) is 12.1 Å². The van der Waals surface area contributed by atoms with Crippen molar-refractivity contribution in [1.82, 2.24) is 0 Å². The van der Waals surface area contributed by atoms with Crippen LogP contribution in [0, 0.1) is 5.82 Å². The second-order valence-corrected chi connectivity index (χ2v) is 6.85. The highest BCUT2D eigenvalue weighted by atomic mass is 19.1. The van der Waals surface area contributed by atoms with Crippen molar-refractivity contribution in [2.45, 2.75) is 12.5 Å². The fourth-order valence-electron chi connectivity index (χ4n) is 3.32. The molecule has 0 radical (unpaired) electrons. The molecule has 1 unspecified atom stereocenters. The predicted octanol–water partition coefficient (Wildman–Crippen LogP) is 4.32. The normalized spacial score (nSPS) is 15.9. The van der Waals surface area contributed by atoms with Crippen molar-refractivity contribution in [2.75, 3.05) is 22.6 Å². The number of para-hydroxylation sites is 1. The zero-order valence-electron chi connectivity index (χ0n) is 16.3. The van der Waals surface area contributed by atoms with Crippen molar-refractivity contribution >= 4 is 34.6 Å². The number of rotatable bonds is 6. The molecule has 1 atom stereocenters. The van der Waals surface area contributed by atoms with E-state index in [4.69, 9.17) is 4.74 Å². The van der Waals surface area contributed by atoms with Gasteiger partial charge in [0.25, 0.3) is 5.91 Å². The number of methoxy groups -OCH3 is 1. The highest BCUT2D eigenvalue weighted by Gasteiger charge is 2.40. The van der Waals surface area contributed by atoms with Gasteiger partial charge in [0.2, 0.25) is 5.91 Å². The zero-order chi connectivity index (χ0) is 21.1. The van der Waals surface area contributed by atoms with Gasteiger partial charge in [-0.2, -0.15) is 0 Å². The summed E-state index contributed by atoms with van der Waals surface area (Å²) in [7, 11) is 1.62. The predicted molar refractivity (Wildman–Crippen MR) is 114 cm³/mol. The van der Waals surface area contributed by atoms with Crippen LogP contribution in [0.3, 0.4) is 0 Å². The number of nitrogens with one attached hydrogen (secondary N) is 2. The van der Waals surface area contributed by atoms with E-state index in [9.17, 15) is 14.0 Å². The third kappa shape index (κ3) is 3.96. The van der Waals surface area contributed by atoms with Crippen LogP contribution in [0.4, 0.5) is 27.1 Å². The van der Waals surface area contributed by atoms with E-state index in [1.54, 1.807) is 13.2 Å². The number of halogens is 1. The molecule has 0 aliphatic carbocycles. The third-order valence-corrected chi connectivity index (χ3v) is 4.84. The summed E-state index contributed by atoms with van der Waals surface area (Å²) in [5, 5.41) is 6.34. The smallest absolute Gasteiger partial charge is 0.256 e. The summed E-state index contributed by atoms with van der Waals surface area (Å²) >= 11 is 0. The van der Waals surface area contributed by atoms with Gasteiger partial charge in [-0.05, 0) is 60.7 Å². The number of hydrogen-bond acceptors (Lipinski definition) is 5. The number of nitrogens with zero attached hydrogens (tertiary/aromatic N) is 1. The van der Waals surface area contributed by atoms with Crippen molar-refractivity contribution in [3.05, 3.63) is 78.6 Å². The molecule has 0 aromatic heterocycles. The Balaban J connectivity index is 1.42. The second-order valence-electron chi connectivity index (χ2n) is 6.85. The number of carbonyl (C=O) groups excluding carboxylic acids is 2. The first-order valence-corrected chi connectivity index (χ1v) is 9.44. The Hall–Kier alpha value is -3.87. The van der Waals surface area contributed by atoms with E-state index < -0.39 is 23.7 Å². The fraction of sp³-hybridized carbons (Fsp3) is 0.130. The lowest BCUT2D eigenvalue weighted by atomic mass is 10.2. The minimum atomic E-state index is -0.738. The summed E-state index contributed by atoms with van der Waals surface area (Å²) in [6, 6.07) is 19.9. The molecule has 0 saturated carbocycles. The molecule has 1 saturated heterocycles. The molecule has 0 bridgehead atoms. The van der Waals surface area contributed by atoms with E-state index in [1.807, 2.05) is 48.5 Å². The van der Waals surface area contributed by atoms with Crippen LogP contribution in [0.25, 0.3) is 0 Å². The van der Waals surface area contributed by atoms with Crippen LogP contribution in [0.5, 0.6) is 5.75 Å². The van der Waals surface area contributed by atoms with Crippen LogP contribution in [-0.4, -0.2) is 25.0 Å². The van der Waals surface area contributed by atoms with Crippen LogP contribution < -0.4 is 20.3 Å². The second kappa shape index (κ2) is 8.24. The van der Waals surface area contributed by atoms with E-state index in [2.05, 4.69) is 10.6 Å². The van der Waals surface area contributed by atoms with Crippen LogP contribution in [0.1, 0.15) is 6.42 Å². The molecule has 1 fully saturated rings. The van der Waals surface area contributed by atoms with Crippen molar-refractivity contribution in [3.63, 3.8) is 0 Å². The van der Waals surface area contributed by atoms with E-state index >= 15 is 0 Å². The maximum atomic E-state index is 14.0. The van der Waals surface area contributed by atoms with Crippen LogP contribution in [-0.2, 0) is 9.59 Å². The largest absolute Gasteiger partial charge is 0.497 e. The average molecular weight is 405 g/mol. The standard InChI is InChI=1S/C23H20FN3O3/c1-30-18-12-10-16(11-13-18)25-15-6-8-17(9-7-15)26-20-14-22(28)27(23(20)29)21-5-3-2-4-19(21)24/h2-13,20,25-26H,14H2,1H3. The lowest BCUT2D eigenvalue weighted by molar-refractivity contribution is -0.121. The molecule has 6 nitrogen and oxygen atoms in total. The summed E-state index contributed by atoms with van der Waals surface area (Å²) in [4.78, 5) is 25.9. The number of anilines is 4. The molecule has 30 heavy (non-hydrogen) atoms. The Labute approximate surface area is 173 Å². The fourth-order valence-corrected chi connectivity index (χ4v) is 3.32. The number of imide groups is 1. The van der Waals surface area contributed by atoms with Gasteiger partial charge in [-0.3, -0.25) is 9.59 Å². The van der Waals surface area contributed by atoms with Crippen LogP contribution >= 0.6 is 0 Å². The van der Waals surface area contributed by atoms with Crippen LogP contribution in [0.15, 0.2) is 72.8 Å². The summed E-state index contributed by atoms with van der Waals surface area (Å²) in [6.07, 6.45) is -0.0288. The van der Waals surface area contributed by atoms with Crippen molar-refractivity contribution in [1.29, 1.82) is 0 Å². The van der Waals surface area contributed by atoms with Gasteiger partial charge in [0.15, 0.2) is 0 Å². The molecule has 2 N–H and O–H groups in total. The quantitative estimate of drug-likeness (QED) is 0.598. The molecule has 1 heterocycles. The Bertz CT molecular complexity index is 1070. The van der Waals surface area contributed by atoms with Gasteiger partial charge in [0.1, 0.15) is 17.6 Å². The first-order chi connectivity index (χ1) is 14.5. The number of amides is 2. The Morgan fingerprint density at radius 1 is 0.900 bits per heavy atom. The number of carbonyl (C=O) groups is 2. The first kappa shape index (κ1) is 19.4. The minimum Gasteiger partial charge on any atom is -0.497 e. The molecular weight excluding hydrogens is 385 g/mol. The third-order valence-electron chi connectivity index (χ3n) is 4.84. The molecule has 3 aromatic rings. The van der Waals surface area contributed by atoms with Gasteiger partial charge in [-0.25, -0.2) is 9.29 Å². The highest BCUT2D eigenvalue weighted by molar-refractivity contribution is 6.23. The zero-order valence-corrected chi connectivity index (χ0v) is 16.3. The average Bonchev–Trinajstić information content (AvgIpc) is 3.03. The summed E-state index contributed by atoms with van der Waals surface area (Å²) < 4.78 is 19.2. The van der Waals surface area contributed by atoms with Gasteiger partial charge in [-0.15, -0.1) is 0 Å². The molecule has 152 valence electrons. The molecule has 1 aliphatic rings. The first-order valence-electron chi connectivity index (χ1n) is 9.44. The van der Waals surface area contributed by atoms with E-state index in [1.165, 1.54) is 18.2 Å². The molecule has 2 amide bonds. The van der Waals surface area contributed by atoms with Gasteiger partial charge < -0.3 is 15.4 Å². The van der Waals surface area contributed by atoms with Gasteiger partial charge in [0.05, 0.1) is 19.2 Å². The molecule has 0 spiro atoms. The highest BCUT2D eigenvalue weighted by Crippen LogP contribution is 2.28. The Morgan fingerprint density at radius 3 is 2.13 bits per heavy atom. The SMILES string of the molecule is COc1ccc(Nc2ccc(NC3CC(=O)N(c4ccccc4F)C3=O)cc2)cc1. The maximum Gasteiger partial charge on any atom is 0.256 e. The van der Waals surface area contributed by atoms with Gasteiger partial charge in [0, 0.05) is 17.1 Å². The Kier molecular flexibility index (Phi) is 5.34. The van der Waals surface area contributed by atoms with E-state index in [0.717, 1.165) is 22.0 Å². The van der Waals surface area contributed by atoms with Crippen molar-refractivity contribution < 1.29 is 18.7 Å². The number of benzene rings is 3. The van der Waals surface area contributed by atoms with Crippen molar-refractivity contribution in [3.8, 4) is 5.75 Å². The number of ether oxygens (including phenoxy) is 1. The molecule has 4 rings (SSSR count). The Morgan fingerprint density at radius 2 is 1.50 bits per heavy atom. The minimum absolute atomic E-state index is 0.0177. The lowest BCUT2D eigenvalue weighted by Gasteiger charge is -2.17. The van der Waals surface area contributed by atoms with Crippen molar-refractivity contribution in [2.24, 2.45) is 0 Å². The van der Waals surface area contributed by atoms with Gasteiger partial charge >= 0.3 is 0 Å². The lowest BCUT2D eigenvalue weighted by Crippen LogP contribution is -2.35. The molecule has 7 heteroatoms. The monoisotopic (exact) mass is 405 g/mol. The summed E-state index contributed by atoms with van der Waals surface area (Å²) in [5.41, 5.74) is 2.45. The molecule has 1 aliphatic heterocycles. The molecular formula is C23H20FN3O3.